The Bertz CT molecular complexity index is 1270. The number of methoxy groups -OCH3 is 3. The van der Waals surface area contributed by atoms with Crippen molar-refractivity contribution in [1.29, 1.82) is 0 Å². The minimum Gasteiger partial charge on any atom is -0.493 e. The lowest BCUT2D eigenvalue weighted by molar-refractivity contribution is -0.117. The number of nitrogens with one attached hydrogen (secondary N) is 2. The minimum absolute atomic E-state index is 0.0650. The highest BCUT2D eigenvalue weighted by Gasteiger charge is 2.23. The zero-order valence-electron chi connectivity index (χ0n) is 17.8. The summed E-state index contributed by atoms with van der Waals surface area (Å²) in [7, 11) is 0.158. The lowest BCUT2D eigenvalue weighted by Crippen LogP contribution is -2.41. The molecule has 32 heavy (non-hydrogen) atoms. The van der Waals surface area contributed by atoms with Crippen LogP contribution in [0.15, 0.2) is 47.4 Å². The van der Waals surface area contributed by atoms with Crippen LogP contribution in [0.5, 0.6) is 11.5 Å². The molecule has 1 unspecified atom stereocenters. The van der Waals surface area contributed by atoms with Crippen molar-refractivity contribution in [1.82, 2.24) is 4.72 Å². The number of carbonyl (C=O) groups is 2. The van der Waals surface area contributed by atoms with E-state index in [0.717, 1.165) is 10.1 Å². The van der Waals surface area contributed by atoms with Crippen LogP contribution in [0, 0.1) is 0 Å². The molecule has 1 amide bonds. The average Bonchev–Trinajstić information content (AvgIpc) is 3.21. The molecule has 1 heterocycles. The highest BCUT2D eigenvalue weighted by molar-refractivity contribution is 7.89. The number of rotatable bonds is 8. The van der Waals surface area contributed by atoms with Gasteiger partial charge in [0.2, 0.25) is 15.9 Å². The quantitative estimate of drug-likeness (QED) is 0.478. The number of hydrogen-bond donors (Lipinski definition) is 2. The average molecular weight is 479 g/mol. The first kappa shape index (κ1) is 23.5. The van der Waals surface area contributed by atoms with Gasteiger partial charge in [-0.05, 0) is 48.7 Å². The van der Waals surface area contributed by atoms with Gasteiger partial charge in [0.1, 0.15) is 4.88 Å². The molecule has 0 saturated heterocycles. The SMILES string of the molecule is COC(=O)c1cc2cc(NC(=O)C(C)NS(=O)(=O)c3ccc(OC)c(OC)c3)ccc2s1. The molecule has 0 saturated carbocycles. The van der Waals surface area contributed by atoms with E-state index < -0.39 is 27.9 Å². The third-order valence-electron chi connectivity index (χ3n) is 4.56. The lowest BCUT2D eigenvalue weighted by atomic mass is 10.2. The molecular weight excluding hydrogens is 456 g/mol. The van der Waals surface area contributed by atoms with Gasteiger partial charge in [-0.2, -0.15) is 4.72 Å². The largest absolute Gasteiger partial charge is 0.493 e. The fourth-order valence-corrected chi connectivity index (χ4v) is 5.09. The van der Waals surface area contributed by atoms with Gasteiger partial charge in [-0.25, -0.2) is 13.2 Å². The second-order valence-corrected chi connectivity index (χ2v) is 9.50. The van der Waals surface area contributed by atoms with E-state index >= 15 is 0 Å². The molecule has 0 spiro atoms. The van der Waals surface area contributed by atoms with E-state index in [1.165, 1.54) is 57.8 Å². The molecule has 3 aromatic rings. The molecular formula is C21H22N2O7S2. The van der Waals surface area contributed by atoms with Gasteiger partial charge in [0.15, 0.2) is 11.5 Å². The van der Waals surface area contributed by atoms with Crippen LogP contribution in [0.25, 0.3) is 10.1 Å². The number of ether oxygens (including phenoxy) is 3. The normalized spacial score (nSPS) is 12.2. The number of thiophene rings is 1. The van der Waals surface area contributed by atoms with E-state index in [2.05, 4.69) is 10.0 Å². The van der Waals surface area contributed by atoms with Gasteiger partial charge in [-0.15, -0.1) is 11.3 Å². The summed E-state index contributed by atoms with van der Waals surface area (Å²) in [6, 6.07) is 9.89. The highest BCUT2D eigenvalue weighted by atomic mass is 32.2. The Morgan fingerprint density at radius 3 is 2.34 bits per heavy atom. The van der Waals surface area contributed by atoms with E-state index in [4.69, 9.17) is 14.2 Å². The number of fused-ring (bicyclic) bond motifs is 1. The van der Waals surface area contributed by atoms with Gasteiger partial charge in [0.05, 0.1) is 32.3 Å². The fraction of sp³-hybridized carbons (Fsp3) is 0.238. The van der Waals surface area contributed by atoms with E-state index in [9.17, 15) is 18.0 Å². The summed E-state index contributed by atoms with van der Waals surface area (Å²) < 4.78 is 43.6. The zero-order valence-corrected chi connectivity index (χ0v) is 19.4. The first-order chi connectivity index (χ1) is 15.2. The summed E-state index contributed by atoms with van der Waals surface area (Å²) in [5.41, 5.74) is 0.467. The Hall–Kier alpha value is -3.15. The smallest absolute Gasteiger partial charge is 0.348 e. The van der Waals surface area contributed by atoms with Crippen molar-refractivity contribution >= 4 is 49.0 Å². The van der Waals surface area contributed by atoms with Crippen LogP contribution in [-0.4, -0.2) is 47.7 Å². The first-order valence-corrected chi connectivity index (χ1v) is 11.7. The van der Waals surface area contributed by atoms with E-state index in [1.807, 2.05) is 0 Å². The van der Waals surface area contributed by atoms with Crippen molar-refractivity contribution in [2.75, 3.05) is 26.6 Å². The third kappa shape index (κ3) is 5.01. The second-order valence-electron chi connectivity index (χ2n) is 6.70. The van der Waals surface area contributed by atoms with Gasteiger partial charge in [-0.1, -0.05) is 0 Å². The predicted molar refractivity (Wildman–Crippen MR) is 121 cm³/mol. The van der Waals surface area contributed by atoms with E-state index in [1.54, 1.807) is 24.3 Å². The molecule has 0 bridgehead atoms. The number of benzene rings is 2. The van der Waals surface area contributed by atoms with Crippen LogP contribution in [0.3, 0.4) is 0 Å². The predicted octanol–water partition coefficient (Wildman–Crippen LogP) is 3.01. The molecule has 170 valence electrons. The maximum Gasteiger partial charge on any atom is 0.348 e. The van der Waals surface area contributed by atoms with Gasteiger partial charge in [0.25, 0.3) is 0 Å². The first-order valence-electron chi connectivity index (χ1n) is 9.35. The summed E-state index contributed by atoms with van der Waals surface area (Å²) in [6.07, 6.45) is 0. The van der Waals surface area contributed by atoms with Crippen molar-refractivity contribution in [3.8, 4) is 11.5 Å². The molecule has 9 nitrogen and oxygen atoms in total. The van der Waals surface area contributed by atoms with Crippen LogP contribution in [0.1, 0.15) is 16.6 Å². The van der Waals surface area contributed by atoms with Crippen molar-refractivity contribution < 1.29 is 32.2 Å². The molecule has 11 heteroatoms. The van der Waals surface area contributed by atoms with Crippen molar-refractivity contribution in [3.05, 3.63) is 47.3 Å². The summed E-state index contributed by atoms with van der Waals surface area (Å²) in [5, 5.41) is 3.44. The molecule has 0 fully saturated rings. The molecule has 0 aliphatic carbocycles. The molecule has 0 aliphatic heterocycles. The Morgan fingerprint density at radius 1 is 0.969 bits per heavy atom. The Labute approximate surface area is 189 Å². The fourth-order valence-electron chi connectivity index (χ4n) is 2.91. The third-order valence-corrected chi connectivity index (χ3v) is 7.20. The second kappa shape index (κ2) is 9.55. The molecule has 0 aliphatic rings. The van der Waals surface area contributed by atoms with Gasteiger partial charge in [-0.3, -0.25) is 4.79 Å². The highest BCUT2D eigenvalue weighted by Crippen LogP contribution is 2.30. The molecule has 2 aromatic carbocycles. The maximum absolute atomic E-state index is 12.7. The lowest BCUT2D eigenvalue weighted by Gasteiger charge is -2.15. The number of amides is 1. The number of sulfonamides is 1. The summed E-state index contributed by atoms with van der Waals surface area (Å²) in [6.45, 7) is 1.44. The molecule has 1 aromatic heterocycles. The van der Waals surface area contributed by atoms with Gasteiger partial charge >= 0.3 is 5.97 Å². The van der Waals surface area contributed by atoms with Crippen LogP contribution in [-0.2, 0) is 19.6 Å². The molecule has 2 N–H and O–H groups in total. The summed E-state index contributed by atoms with van der Waals surface area (Å²) >= 11 is 1.28. The number of hydrogen-bond acceptors (Lipinski definition) is 8. The molecule has 0 radical (unpaired) electrons. The summed E-state index contributed by atoms with van der Waals surface area (Å²) in [5.74, 6) is -0.342. The van der Waals surface area contributed by atoms with Crippen LogP contribution in [0.4, 0.5) is 5.69 Å². The van der Waals surface area contributed by atoms with Crippen molar-refractivity contribution in [3.63, 3.8) is 0 Å². The number of carbonyl (C=O) groups excluding carboxylic acids is 2. The minimum atomic E-state index is -3.99. The number of esters is 1. The Kier molecular flexibility index (Phi) is 7.02. The van der Waals surface area contributed by atoms with Crippen molar-refractivity contribution in [2.24, 2.45) is 0 Å². The number of anilines is 1. The topological polar surface area (TPSA) is 120 Å². The van der Waals surface area contributed by atoms with E-state index in [0.29, 0.717) is 16.3 Å². The Morgan fingerprint density at radius 2 is 1.69 bits per heavy atom. The summed E-state index contributed by atoms with van der Waals surface area (Å²) in [4.78, 5) is 24.7. The van der Waals surface area contributed by atoms with Crippen LogP contribution in [0.2, 0.25) is 0 Å². The molecule has 1 atom stereocenters. The zero-order chi connectivity index (χ0) is 23.5. The van der Waals surface area contributed by atoms with Gasteiger partial charge in [0, 0.05) is 16.5 Å². The van der Waals surface area contributed by atoms with Crippen LogP contribution < -0.4 is 19.5 Å². The van der Waals surface area contributed by atoms with Gasteiger partial charge < -0.3 is 19.5 Å². The maximum atomic E-state index is 12.7. The van der Waals surface area contributed by atoms with Crippen molar-refractivity contribution in [2.45, 2.75) is 17.9 Å². The van der Waals surface area contributed by atoms with Crippen LogP contribution >= 0.6 is 11.3 Å². The monoisotopic (exact) mass is 478 g/mol. The Balaban J connectivity index is 1.73. The standard InChI is InChI=1S/C21H22N2O7S2/c1-12(23-32(26,27)15-6-7-16(28-2)17(11-15)29-3)20(24)22-14-5-8-18-13(9-14)10-19(31-18)21(25)30-4/h5-12,23H,1-4H3,(H,22,24). The molecule has 3 rings (SSSR count). The van der Waals surface area contributed by atoms with E-state index in [-0.39, 0.29) is 10.6 Å².